The van der Waals surface area contributed by atoms with Crippen molar-refractivity contribution < 1.29 is 4.74 Å². The Hall–Kier alpha value is -2.00. The number of aryl methyl sites for hydroxylation is 1. The van der Waals surface area contributed by atoms with Crippen molar-refractivity contribution in [2.45, 2.75) is 52.1 Å². The number of hydrogen-bond donors (Lipinski definition) is 0. The van der Waals surface area contributed by atoms with Crippen molar-refractivity contribution in [2.24, 2.45) is 0 Å². The molecule has 24 heavy (non-hydrogen) atoms. The molecule has 2 aromatic rings. The van der Waals surface area contributed by atoms with Gasteiger partial charge in [-0.2, -0.15) is 0 Å². The maximum atomic E-state index is 5.65. The number of nitrogens with zero attached hydrogens (tertiary/aromatic N) is 2. The third-order valence-corrected chi connectivity index (χ3v) is 3.95. The van der Waals surface area contributed by atoms with Crippen molar-refractivity contribution in [1.29, 1.82) is 0 Å². The van der Waals surface area contributed by atoms with Crippen molar-refractivity contribution in [2.75, 3.05) is 6.61 Å². The van der Waals surface area contributed by atoms with E-state index in [2.05, 4.69) is 47.7 Å². The zero-order valence-electron chi connectivity index (χ0n) is 14.7. The lowest BCUT2D eigenvalue weighted by molar-refractivity contribution is 0.117. The molecule has 0 fully saturated rings. The minimum Gasteiger partial charge on any atom is -0.377 e. The molecule has 1 aromatic carbocycles. The molecule has 0 atom stereocenters. The molecule has 3 heteroatoms. The van der Waals surface area contributed by atoms with E-state index in [1.165, 1.54) is 18.4 Å². The SMILES string of the molecule is C=CCCCCOCc1cnc(-c2ccc(CCCC)cc2)nc1. The van der Waals surface area contributed by atoms with E-state index >= 15 is 0 Å². The van der Waals surface area contributed by atoms with E-state index < -0.39 is 0 Å². The molecule has 1 heterocycles. The Kier molecular flexibility index (Phi) is 8.19. The minimum atomic E-state index is 0.574. The van der Waals surface area contributed by atoms with Crippen LogP contribution in [-0.4, -0.2) is 16.6 Å². The lowest BCUT2D eigenvalue weighted by atomic mass is 10.1. The Bertz CT molecular complexity index is 590. The van der Waals surface area contributed by atoms with Gasteiger partial charge in [0.1, 0.15) is 0 Å². The van der Waals surface area contributed by atoms with Crippen LogP contribution in [0, 0.1) is 0 Å². The van der Waals surface area contributed by atoms with Gasteiger partial charge in [-0.05, 0) is 37.7 Å². The van der Waals surface area contributed by atoms with Gasteiger partial charge in [-0.3, -0.25) is 0 Å². The number of hydrogen-bond acceptors (Lipinski definition) is 3. The summed E-state index contributed by atoms with van der Waals surface area (Å²) in [5.74, 6) is 0.770. The van der Waals surface area contributed by atoms with Gasteiger partial charge in [0, 0.05) is 30.1 Å². The molecule has 2 rings (SSSR count). The van der Waals surface area contributed by atoms with Crippen molar-refractivity contribution in [3.05, 3.63) is 60.4 Å². The van der Waals surface area contributed by atoms with Crippen molar-refractivity contribution >= 4 is 0 Å². The van der Waals surface area contributed by atoms with Crippen LogP contribution in [0.25, 0.3) is 11.4 Å². The van der Waals surface area contributed by atoms with Gasteiger partial charge in [0.05, 0.1) is 6.61 Å². The summed E-state index contributed by atoms with van der Waals surface area (Å²) in [6, 6.07) is 8.56. The second kappa shape index (κ2) is 10.7. The van der Waals surface area contributed by atoms with E-state index in [0.717, 1.165) is 49.2 Å². The highest BCUT2D eigenvalue weighted by Gasteiger charge is 2.02. The smallest absolute Gasteiger partial charge is 0.159 e. The van der Waals surface area contributed by atoms with E-state index in [4.69, 9.17) is 4.74 Å². The normalized spacial score (nSPS) is 10.7. The largest absolute Gasteiger partial charge is 0.377 e. The molecular weight excluding hydrogens is 296 g/mol. The lowest BCUT2D eigenvalue weighted by Gasteiger charge is -2.06. The lowest BCUT2D eigenvalue weighted by Crippen LogP contribution is -1.98. The summed E-state index contributed by atoms with van der Waals surface area (Å²) in [7, 11) is 0. The maximum absolute atomic E-state index is 5.65. The fraction of sp³-hybridized carbons (Fsp3) is 0.429. The zero-order valence-corrected chi connectivity index (χ0v) is 14.7. The first-order chi connectivity index (χ1) is 11.8. The number of allylic oxidation sites excluding steroid dienone is 1. The van der Waals surface area contributed by atoms with Crippen LogP contribution in [0.1, 0.15) is 50.2 Å². The second-order valence-corrected chi connectivity index (χ2v) is 6.05. The zero-order chi connectivity index (χ0) is 17.0. The Balaban J connectivity index is 1.81. The van der Waals surface area contributed by atoms with Crippen LogP contribution < -0.4 is 0 Å². The summed E-state index contributed by atoms with van der Waals surface area (Å²) >= 11 is 0. The maximum Gasteiger partial charge on any atom is 0.159 e. The summed E-state index contributed by atoms with van der Waals surface area (Å²) in [6.07, 6.45) is 12.5. The molecule has 0 saturated heterocycles. The summed E-state index contributed by atoms with van der Waals surface area (Å²) < 4.78 is 5.65. The Labute approximate surface area is 145 Å². The van der Waals surface area contributed by atoms with Gasteiger partial charge in [-0.15, -0.1) is 6.58 Å². The molecule has 0 saturated carbocycles. The third kappa shape index (κ3) is 6.25. The van der Waals surface area contributed by atoms with E-state index in [1.807, 2.05) is 18.5 Å². The molecule has 0 aliphatic heterocycles. The Morgan fingerprint density at radius 3 is 2.42 bits per heavy atom. The molecule has 0 amide bonds. The van der Waals surface area contributed by atoms with Crippen molar-refractivity contribution in [1.82, 2.24) is 9.97 Å². The van der Waals surface area contributed by atoms with Gasteiger partial charge < -0.3 is 4.74 Å². The van der Waals surface area contributed by atoms with Gasteiger partial charge in [0.25, 0.3) is 0 Å². The van der Waals surface area contributed by atoms with Crippen molar-refractivity contribution in [3.8, 4) is 11.4 Å². The standard InChI is InChI=1S/C21H28N2O/c1-3-5-7-8-14-24-17-19-15-22-21(23-16-19)20-12-10-18(11-13-20)9-6-4-2/h3,10-13,15-16H,1,4-9,14,17H2,2H3. The summed E-state index contributed by atoms with van der Waals surface area (Å²) in [5, 5.41) is 0. The molecule has 3 nitrogen and oxygen atoms in total. The fourth-order valence-corrected chi connectivity index (χ4v) is 2.46. The van der Waals surface area contributed by atoms with Crippen molar-refractivity contribution in [3.63, 3.8) is 0 Å². The topological polar surface area (TPSA) is 35.0 Å². The molecule has 0 unspecified atom stereocenters. The first kappa shape index (κ1) is 18.3. The van der Waals surface area contributed by atoms with Gasteiger partial charge in [-0.25, -0.2) is 9.97 Å². The van der Waals surface area contributed by atoms with Gasteiger partial charge in [0.2, 0.25) is 0 Å². The Morgan fingerprint density at radius 1 is 1.00 bits per heavy atom. The molecule has 0 bridgehead atoms. The third-order valence-electron chi connectivity index (χ3n) is 3.95. The van der Waals surface area contributed by atoms with Crippen LogP contribution in [0.2, 0.25) is 0 Å². The molecule has 1 aromatic heterocycles. The van der Waals surface area contributed by atoms with Crippen LogP contribution in [-0.2, 0) is 17.8 Å². The van der Waals surface area contributed by atoms with E-state index in [1.54, 1.807) is 0 Å². The van der Waals surface area contributed by atoms with Gasteiger partial charge >= 0.3 is 0 Å². The summed E-state index contributed by atoms with van der Waals surface area (Å²) in [6.45, 7) is 7.28. The molecule has 0 aliphatic carbocycles. The van der Waals surface area contributed by atoms with Crippen LogP contribution in [0.4, 0.5) is 0 Å². The quantitative estimate of drug-likeness (QED) is 0.412. The van der Waals surface area contributed by atoms with E-state index in [0.29, 0.717) is 6.61 Å². The molecule has 0 aliphatic rings. The number of rotatable bonds is 11. The number of benzene rings is 1. The predicted molar refractivity (Wildman–Crippen MR) is 99.8 cm³/mol. The van der Waals surface area contributed by atoms with Crippen LogP contribution in [0.5, 0.6) is 0 Å². The molecule has 0 N–H and O–H groups in total. The molecule has 0 radical (unpaired) electrons. The number of aromatic nitrogens is 2. The first-order valence-electron chi connectivity index (χ1n) is 8.92. The van der Waals surface area contributed by atoms with Gasteiger partial charge in [-0.1, -0.05) is 43.7 Å². The molecular formula is C21H28N2O. The fourth-order valence-electron chi connectivity index (χ4n) is 2.46. The summed E-state index contributed by atoms with van der Waals surface area (Å²) in [5.41, 5.74) is 3.45. The number of unbranched alkanes of at least 4 members (excludes halogenated alkanes) is 3. The molecule has 0 spiro atoms. The van der Waals surface area contributed by atoms with Gasteiger partial charge in [0.15, 0.2) is 5.82 Å². The minimum absolute atomic E-state index is 0.574. The highest BCUT2D eigenvalue weighted by Crippen LogP contribution is 2.16. The van der Waals surface area contributed by atoms with Crippen LogP contribution >= 0.6 is 0 Å². The van der Waals surface area contributed by atoms with Crippen LogP contribution in [0.15, 0.2) is 49.3 Å². The van der Waals surface area contributed by atoms with E-state index in [9.17, 15) is 0 Å². The second-order valence-electron chi connectivity index (χ2n) is 6.05. The molecule has 128 valence electrons. The predicted octanol–water partition coefficient (Wildman–Crippen LogP) is 5.36. The summed E-state index contributed by atoms with van der Waals surface area (Å²) in [4.78, 5) is 8.93. The highest BCUT2D eigenvalue weighted by molar-refractivity contribution is 5.55. The number of ether oxygens (including phenoxy) is 1. The van der Waals surface area contributed by atoms with Crippen LogP contribution in [0.3, 0.4) is 0 Å². The highest BCUT2D eigenvalue weighted by atomic mass is 16.5. The average Bonchev–Trinajstić information content (AvgIpc) is 2.64. The Morgan fingerprint density at radius 2 is 1.75 bits per heavy atom. The van der Waals surface area contributed by atoms with E-state index in [-0.39, 0.29) is 0 Å². The monoisotopic (exact) mass is 324 g/mol. The first-order valence-corrected chi connectivity index (χ1v) is 8.92. The average molecular weight is 324 g/mol.